The number of allylic oxidation sites excluding steroid dienone is 1. The maximum absolute atomic E-state index is 12.6. The van der Waals surface area contributed by atoms with E-state index < -0.39 is 0 Å². The SMILES string of the molecule is CCn1ncc(Br)c1C(=O)/C=C/c1ccc(OC)c(Cn2cc(Br)cn2)c1. The van der Waals surface area contributed by atoms with Crippen molar-refractivity contribution in [3.05, 3.63) is 68.6 Å². The zero-order valence-corrected chi connectivity index (χ0v) is 18.1. The molecule has 0 N–H and O–H groups in total. The van der Waals surface area contributed by atoms with Crippen molar-refractivity contribution in [2.45, 2.75) is 20.0 Å². The maximum Gasteiger partial charge on any atom is 0.205 e. The summed E-state index contributed by atoms with van der Waals surface area (Å²) in [6.07, 6.45) is 8.63. The molecule has 2 aromatic heterocycles. The van der Waals surface area contributed by atoms with Crippen LogP contribution in [-0.4, -0.2) is 32.5 Å². The van der Waals surface area contributed by atoms with Gasteiger partial charge in [0.1, 0.15) is 11.4 Å². The summed E-state index contributed by atoms with van der Waals surface area (Å²) in [6.45, 7) is 3.15. The summed E-state index contributed by atoms with van der Waals surface area (Å²) in [6, 6.07) is 5.80. The summed E-state index contributed by atoms with van der Waals surface area (Å²) < 4.78 is 10.5. The summed E-state index contributed by atoms with van der Waals surface area (Å²) in [5.41, 5.74) is 2.43. The molecular weight excluding hydrogens is 476 g/mol. The number of hydrogen-bond donors (Lipinski definition) is 0. The van der Waals surface area contributed by atoms with Gasteiger partial charge >= 0.3 is 0 Å². The second-order valence-corrected chi connectivity index (χ2v) is 7.55. The molecule has 0 amide bonds. The number of carbonyl (C=O) groups is 1. The Kier molecular flexibility index (Phi) is 6.28. The molecule has 0 bridgehead atoms. The molecule has 27 heavy (non-hydrogen) atoms. The van der Waals surface area contributed by atoms with E-state index in [9.17, 15) is 4.79 Å². The van der Waals surface area contributed by atoms with Crippen LogP contribution in [0.15, 0.2) is 51.8 Å². The lowest BCUT2D eigenvalue weighted by atomic mass is 10.1. The second kappa shape index (κ2) is 8.67. The van der Waals surface area contributed by atoms with Crippen molar-refractivity contribution < 1.29 is 9.53 Å². The number of ketones is 1. The molecule has 3 aromatic rings. The number of halogens is 2. The third kappa shape index (κ3) is 4.56. The van der Waals surface area contributed by atoms with E-state index in [4.69, 9.17) is 4.74 Å². The quantitative estimate of drug-likeness (QED) is 0.357. The van der Waals surface area contributed by atoms with Crippen LogP contribution >= 0.6 is 31.9 Å². The van der Waals surface area contributed by atoms with Crippen LogP contribution < -0.4 is 4.74 Å². The van der Waals surface area contributed by atoms with Gasteiger partial charge in [-0.2, -0.15) is 10.2 Å². The Hall–Kier alpha value is -2.19. The van der Waals surface area contributed by atoms with Gasteiger partial charge < -0.3 is 4.74 Å². The van der Waals surface area contributed by atoms with Gasteiger partial charge in [0.2, 0.25) is 5.78 Å². The first-order valence-electron chi connectivity index (χ1n) is 8.30. The summed E-state index contributed by atoms with van der Waals surface area (Å²) >= 11 is 6.78. The Morgan fingerprint density at radius 3 is 2.74 bits per heavy atom. The first-order chi connectivity index (χ1) is 13.0. The normalized spacial score (nSPS) is 11.3. The van der Waals surface area contributed by atoms with E-state index in [0.29, 0.717) is 23.3 Å². The van der Waals surface area contributed by atoms with Gasteiger partial charge in [-0.05, 0) is 62.6 Å². The molecule has 0 aliphatic carbocycles. The minimum atomic E-state index is -0.102. The highest BCUT2D eigenvalue weighted by atomic mass is 79.9. The van der Waals surface area contributed by atoms with E-state index in [1.165, 1.54) is 0 Å². The lowest BCUT2D eigenvalue weighted by molar-refractivity contribution is 0.103. The van der Waals surface area contributed by atoms with E-state index in [1.807, 2.05) is 36.0 Å². The monoisotopic (exact) mass is 492 g/mol. The van der Waals surface area contributed by atoms with Crippen LogP contribution in [0.1, 0.15) is 28.5 Å². The minimum Gasteiger partial charge on any atom is -0.496 e. The minimum absolute atomic E-state index is 0.102. The number of carbonyl (C=O) groups excluding carboxylic acids is 1. The van der Waals surface area contributed by atoms with Gasteiger partial charge in [-0.3, -0.25) is 14.2 Å². The van der Waals surface area contributed by atoms with Crippen LogP contribution in [-0.2, 0) is 13.1 Å². The fourth-order valence-electron chi connectivity index (χ4n) is 2.72. The molecule has 0 fully saturated rings. The van der Waals surface area contributed by atoms with Crippen LogP contribution in [0.2, 0.25) is 0 Å². The predicted molar refractivity (Wildman–Crippen MR) is 111 cm³/mol. The molecule has 0 spiro atoms. The number of methoxy groups -OCH3 is 1. The Morgan fingerprint density at radius 1 is 1.26 bits per heavy atom. The highest BCUT2D eigenvalue weighted by molar-refractivity contribution is 9.10. The molecule has 140 valence electrons. The molecule has 0 radical (unpaired) electrons. The van der Waals surface area contributed by atoms with E-state index in [0.717, 1.165) is 21.3 Å². The first kappa shape index (κ1) is 19.6. The van der Waals surface area contributed by atoms with Crippen LogP contribution in [0.3, 0.4) is 0 Å². The second-order valence-electron chi connectivity index (χ2n) is 5.78. The van der Waals surface area contributed by atoms with Gasteiger partial charge in [0, 0.05) is 18.3 Å². The van der Waals surface area contributed by atoms with Gasteiger partial charge in [-0.15, -0.1) is 0 Å². The molecule has 0 saturated carbocycles. The van der Waals surface area contributed by atoms with Crippen LogP contribution in [0.4, 0.5) is 0 Å². The molecule has 0 aliphatic heterocycles. The van der Waals surface area contributed by atoms with Gasteiger partial charge in [0.05, 0.1) is 35.0 Å². The number of hydrogen-bond acceptors (Lipinski definition) is 4. The van der Waals surface area contributed by atoms with Gasteiger partial charge in [0.25, 0.3) is 0 Å². The molecule has 2 heterocycles. The number of aromatic nitrogens is 4. The van der Waals surface area contributed by atoms with Crippen LogP contribution in [0.25, 0.3) is 6.08 Å². The fraction of sp³-hybridized carbons (Fsp3) is 0.211. The van der Waals surface area contributed by atoms with Crippen molar-refractivity contribution in [1.82, 2.24) is 19.6 Å². The van der Waals surface area contributed by atoms with Crippen molar-refractivity contribution in [1.29, 1.82) is 0 Å². The summed E-state index contributed by atoms with van der Waals surface area (Å²) in [4.78, 5) is 12.6. The first-order valence-corrected chi connectivity index (χ1v) is 9.89. The van der Waals surface area contributed by atoms with E-state index in [1.54, 1.807) is 36.3 Å². The maximum atomic E-state index is 12.6. The molecule has 1 aromatic carbocycles. The van der Waals surface area contributed by atoms with Crippen LogP contribution in [0.5, 0.6) is 5.75 Å². The Morgan fingerprint density at radius 2 is 2.07 bits per heavy atom. The third-order valence-corrected chi connectivity index (χ3v) is 4.98. The highest BCUT2D eigenvalue weighted by Crippen LogP contribution is 2.23. The van der Waals surface area contributed by atoms with E-state index in [2.05, 4.69) is 42.1 Å². The van der Waals surface area contributed by atoms with Crippen molar-refractivity contribution in [3.8, 4) is 5.75 Å². The van der Waals surface area contributed by atoms with Crippen molar-refractivity contribution in [2.24, 2.45) is 0 Å². The van der Waals surface area contributed by atoms with Crippen molar-refractivity contribution in [3.63, 3.8) is 0 Å². The van der Waals surface area contributed by atoms with Gasteiger partial charge in [-0.25, -0.2) is 0 Å². The molecular formula is C19H18Br2N4O2. The standard InChI is InChI=1S/C19H18Br2N4O2/c1-3-25-19(16(21)10-23-25)17(26)6-4-13-5-7-18(27-2)14(8-13)11-24-12-15(20)9-22-24/h4-10,12H,3,11H2,1-2H3/b6-4+. The lowest BCUT2D eigenvalue weighted by Gasteiger charge is -2.10. The molecule has 0 aliphatic rings. The van der Waals surface area contributed by atoms with E-state index >= 15 is 0 Å². The number of rotatable bonds is 7. The summed E-state index contributed by atoms with van der Waals surface area (Å²) in [7, 11) is 1.64. The number of aryl methyl sites for hydroxylation is 1. The van der Waals surface area contributed by atoms with Crippen molar-refractivity contribution in [2.75, 3.05) is 7.11 Å². The largest absolute Gasteiger partial charge is 0.496 e. The Bertz CT molecular complexity index is 992. The Labute approximate surface area is 174 Å². The number of nitrogens with zero attached hydrogens (tertiary/aromatic N) is 4. The predicted octanol–water partition coefficient (Wildman–Crippen LogP) is 4.58. The van der Waals surface area contributed by atoms with Crippen LogP contribution in [0, 0.1) is 0 Å². The molecule has 0 atom stereocenters. The fourth-order valence-corrected chi connectivity index (χ4v) is 3.54. The molecule has 6 nitrogen and oxygen atoms in total. The average Bonchev–Trinajstić information content (AvgIpc) is 3.24. The molecule has 8 heteroatoms. The van der Waals surface area contributed by atoms with Gasteiger partial charge in [-0.1, -0.05) is 12.1 Å². The highest BCUT2D eigenvalue weighted by Gasteiger charge is 2.14. The lowest BCUT2D eigenvalue weighted by Crippen LogP contribution is -2.07. The zero-order valence-electron chi connectivity index (χ0n) is 14.9. The molecule has 0 unspecified atom stereocenters. The molecule has 0 saturated heterocycles. The zero-order chi connectivity index (χ0) is 19.4. The number of ether oxygens (including phenoxy) is 1. The van der Waals surface area contributed by atoms with Gasteiger partial charge in [0.15, 0.2) is 0 Å². The number of benzene rings is 1. The summed E-state index contributed by atoms with van der Waals surface area (Å²) in [5, 5.41) is 8.46. The van der Waals surface area contributed by atoms with E-state index in [-0.39, 0.29) is 5.78 Å². The third-order valence-electron chi connectivity index (χ3n) is 3.99. The average molecular weight is 494 g/mol. The summed E-state index contributed by atoms with van der Waals surface area (Å²) in [5.74, 6) is 0.673. The smallest absolute Gasteiger partial charge is 0.205 e. The van der Waals surface area contributed by atoms with Crippen molar-refractivity contribution >= 4 is 43.7 Å². The Balaban J connectivity index is 1.84. The molecule has 3 rings (SSSR count). The topological polar surface area (TPSA) is 61.9 Å².